The van der Waals surface area contributed by atoms with Crippen molar-refractivity contribution in [3.8, 4) is 16.9 Å². The molecule has 0 spiro atoms. The molecule has 0 saturated carbocycles. The Hall–Kier alpha value is -2.65. The van der Waals surface area contributed by atoms with E-state index >= 15 is 0 Å². The summed E-state index contributed by atoms with van der Waals surface area (Å²) < 4.78 is 37.6. The third-order valence-corrected chi connectivity index (χ3v) is 3.56. The van der Waals surface area contributed by atoms with Crippen LogP contribution in [0.5, 0.6) is 5.75 Å². The summed E-state index contributed by atoms with van der Waals surface area (Å²) in [7, 11) is -2.99. The number of aromatic nitrogens is 3. The fraction of sp³-hybridized carbons (Fsp3) is 0.0769. The van der Waals surface area contributed by atoms with Gasteiger partial charge in [0.1, 0.15) is 5.75 Å². The molecular weight excluding hydrogens is 308 g/mol. The van der Waals surface area contributed by atoms with Gasteiger partial charge in [-0.05, 0) is 23.8 Å². The molecule has 0 unspecified atom stereocenters. The fourth-order valence-electron chi connectivity index (χ4n) is 2.06. The highest BCUT2D eigenvalue weighted by Gasteiger charge is 2.08. The maximum Gasteiger partial charge on any atom is 0.262 e. The van der Waals surface area contributed by atoms with Crippen LogP contribution in [0.4, 0.5) is 5.95 Å². The van der Waals surface area contributed by atoms with E-state index in [9.17, 15) is 13.0 Å². The molecule has 0 aliphatic carbocycles. The zero-order valence-electron chi connectivity index (χ0n) is 11.4. The van der Waals surface area contributed by atoms with Crippen LogP contribution in [0.25, 0.3) is 22.3 Å². The number of imidazole rings is 1. The number of anilines is 1. The van der Waals surface area contributed by atoms with Gasteiger partial charge < -0.3 is 19.0 Å². The van der Waals surface area contributed by atoms with E-state index in [1.165, 1.54) is 12.1 Å². The van der Waals surface area contributed by atoms with Crippen molar-refractivity contribution in [2.75, 3.05) is 5.73 Å². The highest BCUT2D eigenvalue weighted by molar-refractivity contribution is 7.81. The lowest BCUT2D eigenvalue weighted by molar-refractivity contribution is 0.372. The SMILES string of the molecule is Cn1c(N)nc2ncc(-c3ccc(OS(=O)(=O)[O-])cc3)cc21. The molecule has 0 aliphatic heterocycles. The summed E-state index contributed by atoms with van der Waals surface area (Å²) in [6, 6.07) is 7.91. The predicted octanol–water partition coefficient (Wildman–Crippen LogP) is 1.06. The fourth-order valence-corrected chi connectivity index (χ4v) is 2.41. The van der Waals surface area contributed by atoms with Crippen LogP contribution in [-0.2, 0) is 17.4 Å². The van der Waals surface area contributed by atoms with E-state index in [4.69, 9.17) is 5.73 Å². The van der Waals surface area contributed by atoms with E-state index in [0.29, 0.717) is 11.6 Å². The summed E-state index contributed by atoms with van der Waals surface area (Å²) in [4.78, 5) is 8.34. The first-order chi connectivity index (χ1) is 10.3. The van der Waals surface area contributed by atoms with Crippen LogP contribution in [0, 0.1) is 0 Å². The molecule has 3 aromatic rings. The number of hydrogen-bond donors (Lipinski definition) is 1. The van der Waals surface area contributed by atoms with E-state index in [0.717, 1.165) is 16.6 Å². The van der Waals surface area contributed by atoms with E-state index in [2.05, 4.69) is 14.2 Å². The van der Waals surface area contributed by atoms with Crippen LogP contribution in [0.2, 0.25) is 0 Å². The quantitative estimate of drug-likeness (QED) is 0.565. The van der Waals surface area contributed by atoms with E-state index in [1.807, 2.05) is 6.07 Å². The Morgan fingerprint density at radius 2 is 1.91 bits per heavy atom. The number of nitrogens with zero attached hydrogens (tertiary/aromatic N) is 3. The average Bonchev–Trinajstić information content (AvgIpc) is 2.73. The topological polar surface area (TPSA) is 123 Å². The Kier molecular flexibility index (Phi) is 3.23. The van der Waals surface area contributed by atoms with Crippen molar-refractivity contribution in [2.24, 2.45) is 7.05 Å². The largest absolute Gasteiger partial charge is 0.716 e. The Morgan fingerprint density at radius 3 is 2.55 bits per heavy atom. The van der Waals surface area contributed by atoms with Gasteiger partial charge in [-0.2, -0.15) is 4.98 Å². The molecule has 0 saturated heterocycles. The molecule has 0 amide bonds. The van der Waals surface area contributed by atoms with E-state index in [1.54, 1.807) is 29.9 Å². The average molecular weight is 319 g/mol. The first kappa shape index (κ1) is 14.3. The highest BCUT2D eigenvalue weighted by Crippen LogP contribution is 2.25. The molecule has 1 aromatic carbocycles. The van der Waals surface area contributed by atoms with E-state index in [-0.39, 0.29) is 5.75 Å². The number of pyridine rings is 1. The molecule has 22 heavy (non-hydrogen) atoms. The van der Waals surface area contributed by atoms with Gasteiger partial charge >= 0.3 is 0 Å². The van der Waals surface area contributed by atoms with Gasteiger partial charge in [-0.15, -0.1) is 0 Å². The molecule has 2 N–H and O–H groups in total. The van der Waals surface area contributed by atoms with E-state index < -0.39 is 10.4 Å². The van der Waals surface area contributed by atoms with Gasteiger partial charge in [-0.3, -0.25) is 0 Å². The Balaban J connectivity index is 1.98. The summed E-state index contributed by atoms with van der Waals surface area (Å²) in [6.07, 6.45) is 1.63. The molecule has 2 heterocycles. The van der Waals surface area contributed by atoms with Gasteiger partial charge in [0.05, 0.1) is 5.52 Å². The molecule has 0 aliphatic rings. The first-order valence-corrected chi connectivity index (χ1v) is 7.50. The molecule has 8 nitrogen and oxygen atoms in total. The number of nitrogen functional groups attached to an aromatic ring is 1. The highest BCUT2D eigenvalue weighted by atomic mass is 32.3. The molecule has 0 fully saturated rings. The minimum atomic E-state index is -4.77. The summed E-state index contributed by atoms with van der Waals surface area (Å²) in [5.74, 6) is 0.321. The number of nitrogens with two attached hydrogens (primary N) is 1. The number of hydrogen-bond acceptors (Lipinski definition) is 7. The van der Waals surface area contributed by atoms with Crippen molar-refractivity contribution in [3.63, 3.8) is 0 Å². The standard InChI is InChI=1S/C13H12N4O4S/c1-17-11-6-9(7-15-12(11)16-13(17)14)8-2-4-10(5-3-8)21-22(18,19)20/h2-7H,1H3,(H2,14,15,16)(H,18,19,20)/p-1. The molecule has 0 bridgehead atoms. The van der Waals surface area contributed by atoms with Gasteiger partial charge in [0.2, 0.25) is 5.95 Å². The van der Waals surface area contributed by atoms with Gasteiger partial charge in [0.15, 0.2) is 5.65 Å². The van der Waals surface area contributed by atoms with Crippen molar-refractivity contribution >= 4 is 27.5 Å². The molecule has 114 valence electrons. The number of aryl methyl sites for hydroxylation is 1. The van der Waals surface area contributed by atoms with Crippen molar-refractivity contribution < 1.29 is 17.2 Å². The molecule has 3 rings (SSSR count). The lowest BCUT2D eigenvalue weighted by Gasteiger charge is -2.09. The Morgan fingerprint density at radius 1 is 1.23 bits per heavy atom. The summed E-state index contributed by atoms with van der Waals surface area (Å²) in [5.41, 5.74) is 8.63. The van der Waals surface area contributed by atoms with Gasteiger partial charge in [-0.25, -0.2) is 13.4 Å². The second kappa shape index (κ2) is 4.97. The Bertz CT molecular complexity index is 948. The third-order valence-electron chi connectivity index (χ3n) is 3.16. The summed E-state index contributed by atoms with van der Waals surface area (Å²) in [5, 5.41) is 0. The van der Waals surface area contributed by atoms with Gasteiger partial charge in [0.25, 0.3) is 10.4 Å². The molecule has 2 aromatic heterocycles. The van der Waals surface area contributed by atoms with Crippen LogP contribution >= 0.6 is 0 Å². The Labute approximate surface area is 126 Å². The second-order valence-corrected chi connectivity index (χ2v) is 5.59. The zero-order valence-corrected chi connectivity index (χ0v) is 12.2. The van der Waals surface area contributed by atoms with Gasteiger partial charge in [0, 0.05) is 18.8 Å². The number of rotatable bonds is 3. The van der Waals surface area contributed by atoms with Gasteiger partial charge in [-0.1, -0.05) is 12.1 Å². The monoisotopic (exact) mass is 319 g/mol. The normalized spacial score (nSPS) is 11.7. The molecule has 0 radical (unpaired) electrons. The molecular formula is C13H11N4O4S-. The zero-order chi connectivity index (χ0) is 15.9. The lowest BCUT2D eigenvalue weighted by atomic mass is 10.1. The van der Waals surface area contributed by atoms with Crippen molar-refractivity contribution in [2.45, 2.75) is 0 Å². The van der Waals surface area contributed by atoms with Crippen molar-refractivity contribution in [1.82, 2.24) is 14.5 Å². The van der Waals surface area contributed by atoms with Crippen LogP contribution in [0.15, 0.2) is 36.5 Å². The lowest BCUT2D eigenvalue weighted by Crippen LogP contribution is -2.06. The third kappa shape index (κ3) is 2.71. The first-order valence-electron chi connectivity index (χ1n) is 6.17. The minimum absolute atomic E-state index is 0.0439. The molecule has 9 heteroatoms. The maximum absolute atomic E-state index is 10.5. The number of fused-ring (bicyclic) bond motifs is 1. The molecule has 0 atom stereocenters. The predicted molar refractivity (Wildman–Crippen MR) is 78.7 cm³/mol. The second-order valence-electron chi connectivity index (χ2n) is 4.61. The number of benzene rings is 1. The minimum Gasteiger partial charge on any atom is -0.716 e. The summed E-state index contributed by atoms with van der Waals surface area (Å²) in [6.45, 7) is 0. The van der Waals surface area contributed by atoms with Crippen LogP contribution in [0.3, 0.4) is 0 Å². The summed E-state index contributed by atoms with van der Waals surface area (Å²) >= 11 is 0. The maximum atomic E-state index is 10.5. The van der Waals surface area contributed by atoms with Crippen LogP contribution < -0.4 is 9.92 Å². The smallest absolute Gasteiger partial charge is 0.262 e. The van der Waals surface area contributed by atoms with Crippen LogP contribution in [-0.4, -0.2) is 27.5 Å². The van der Waals surface area contributed by atoms with Crippen molar-refractivity contribution in [1.29, 1.82) is 0 Å². The van der Waals surface area contributed by atoms with Crippen LogP contribution in [0.1, 0.15) is 0 Å². The van der Waals surface area contributed by atoms with Crippen molar-refractivity contribution in [3.05, 3.63) is 36.5 Å².